The maximum Gasteiger partial charge on any atom is 0.120 e. The van der Waals surface area contributed by atoms with E-state index in [4.69, 9.17) is 0 Å². The van der Waals surface area contributed by atoms with Gasteiger partial charge in [0.05, 0.1) is 8.07 Å². The lowest BCUT2D eigenvalue weighted by Gasteiger charge is -2.33. The Morgan fingerprint density at radius 3 is 1.58 bits per heavy atom. The molecule has 1 nitrogen and oxygen atoms in total. The number of hydrogen-bond donors (Lipinski definition) is 0. The standard InChI is InChI=1S/C10H22OSi/c1-5-10(9-11)12(6-2,7-3)8-4/h9-10H,5-8H2,1-4H3. The first-order valence-corrected chi connectivity index (χ1v) is 7.85. The van der Waals surface area contributed by atoms with Crippen molar-refractivity contribution in [2.45, 2.75) is 57.8 Å². The number of carbonyl (C=O) groups is 1. The van der Waals surface area contributed by atoms with Crippen molar-refractivity contribution in [3.05, 3.63) is 0 Å². The summed E-state index contributed by atoms with van der Waals surface area (Å²) in [5.74, 6) is 0. The van der Waals surface area contributed by atoms with Gasteiger partial charge in [-0.1, -0.05) is 45.8 Å². The second-order valence-electron chi connectivity index (χ2n) is 3.57. The molecular weight excluding hydrogens is 164 g/mol. The lowest BCUT2D eigenvalue weighted by atomic mass is 10.4. The molecule has 1 atom stereocenters. The fourth-order valence-corrected chi connectivity index (χ4v) is 6.44. The highest BCUT2D eigenvalue weighted by Gasteiger charge is 2.34. The highest BCUT2D eigenvalue weighted by Crippen LogP contribution is 2.33. The van der Waals surface area contributed by atoms with Crippen LogP contribution < -0.4 is 0 Å². The van der Waals surface area contributed by atoms with Gasteiger partial charge >= 0.3 is 0 Å². The molecule has 0 fully saturated rings. The minimum atomic E-state index is -1.21. The van der Waals surface area contributed by atoms with Crippen molar-refractivity contribution in [2.24, 2.45) is 0 Å². The molecule has 0 rings (SSSR count). The summed E-state index contributed by atoms with van der Waals surface area (Å²) in [7, 11) is -1.21. The highest BCUT2D eigenvalue weighted by molar-refractivity contribution is 6.83. The Labute approximate surface area is 77.6 Å². The van der Waals surface area contributed by atoms with E-state index in [1.165, 1.54) is 24.4 Å². The van der Waals surface area contributed by atoms with Gasteiger partial charge in [-0.15, -0.1) is 0 Å². The quantitative estimate of drug-likeness (QED) is 0.458. The first-order chi connectivity index (χ1) is 5.70. The van der Waals surface area contributed by atoms with Crippen LogP contribution in [0, 0.1) is 0 Å². The Morgan fingerprint density at radius 2 is 1.50 bits per heavy atom. The summed E-state index contributed by atoms with van der Waals surface area (Å²) in [5.41, 5.74) is 0.400. The molecule has 1 unspecified atom stereocenters. The van der Waals surface area contributed by atoms with Crippen LogP contribution in [-0.4, -0.2) is 14.4 Å². The van der Waals surface area contributed by atoms with Crippen LogP contribution in [0.15, 0.2) is 0 Å². The van der Waals surface area contributed by atoms with Gasteiger partial charge in [0.15, 0.2) is 0 Å². The molecule has 0 amide bonds. The fourth-order valence-electron chi connectivity index (χ4n) is 2.21. The normalized spacial score (nSPS) is 14.3. The summed E-state index contributed by atoms with van der Waals surface area (Å²) in [5, 5.41) is 0. The van der Waals surface area contributed by atoms with Gasteiger partial charge in [0, 0.05) is 5.54 Å². The van der Waals surface area contributed by atoms with Crippen LogP contribution in [0.5, 0.6) is 0 Å². The van der Waals surface area contributed by atoms with Crippen molar-refractivity contribution in [3.63, 3.8) is 0 Å². The Balaban J connectivity index is 4.53. The molecule has 0 aliphatic carbocycles. The first kappa shape index (κ1) is 11.9. The lowest BCUT2D eigenvalue weighted by Crippen LogP contribution is -2.38. The van der Waals surface area contributed by atoms with Crippen molar-refractivity contribution >= 4 is 14.4 Å². The smallest absolute Gasteiger partial charge is 0.120 e. The van der Waals surface area contributed by atoms with Gasteiger partial charge < -0.3 is 4.79 Å². The molecule has 0 spiro atoms. The Hall–Kier alpha value is -0.113. The van der Waals surface area contributed by atoms with E-state index in [-0.39, 0.29) is 0 Å². The molecule has 0 aromatic carbocycles. The van der Waals surface area contributed by atoms with Gasteiger partial charge in [-0.2, -0.15) is 0 Å². The van der Waals surface area contributed by atoms with Crippen LogP contribution in [0.1, 0.15) is 34.1 Å². The van der Waals surface area contributed by atoms with E-state index in [9.17, 15) is 4.79 Å². The van der Waals surface area contributed by atoms with Gasteiger partial charge in [-0.3, -0.25) is 0 Å². The average molecular weight is 186 g/mol. The molecular formula is C10H22OSi. The van der Waals surface area contributed by atoms with Gasteiger partial charge in [0.25, 0.3) is 0 Å². The topological polar surface area (TPSA) is 17.1 Å². The van der Waals surface area contributed by atoms with Crippen LogP contribution >= 0.6 is 0 Å². The van der Waals surface area contributed by atoms with E-state index in [1.54, 1.807) is 0 Å². The number of carbonyl (C=O) groups excluding carboxylic acids is 1. The van der Waals surface area contributed by atoms with Crippen molar-refractivity contribution < 1.29 is 4.79 Å². The Kier molecular flexibility index (Phi) is 5.47. The summed E-state index contributed by atoms with van der Waals surface area (Å²) in [4.78, 5) is 10.9. The maximum absolute atomic E-state index is 10.9. The minimum absolute atomic E-state index is 0.400. The van der Waals surface area contributed by atoms with E-state index in [1.807, 2.05) is 0 Å². The molecule has 0 saturated carbocycles. The zero-order chi connectivity index (χ0) is 9.61. The van der Waals surface area contributed by atoms with Crippen LogP contribution in [-0.2, 0) is 4.79 Å². The predicted molar refractivity (Wildman–Crippen MR) is 57.3 cm³/mol. The molecule has 72 valence electrons. The highest BCUT2D eigenvalue weighted by atomic mass is 28.3. The summed E-state index contributed by atoms with van der Waals surface area (Å²) >= 11 is 0. The molecule has 12 heavy (non-hydrogen) atoms. The SMILES string of the molecule is CCC(C=O)[Si](CC)(CC)CC. The van der Waals surface area contributed by atoms with Crippen LogP contribution in [0.3, 0.4) is 0 Å². The molecule has 0 heterocycles. The van der Waals surface area contributed by atoms with E-state index in [2.05, 4.69) is 27.7 Å². The fraction of sp³-hybridized carbons (Fsp3) is 0.900. The summed E-state index contributed by atoms with van der Waals surface area (Å²) in [6, 6.07) is 3.78. The molecule has 0 saturated heterocycles. The summed E-state index contributed by atoms with van der Waals surface area (Å²) in [6.07, 6.45) is 2.26. The predicted octanol–water partition coefficient (Wildman–Crippen LogP) is 3.47. The van der Waals surface area contributed by atoms with Gasteiger partial charge in [-0.25, -0.2) is 0 Å². The van der Waals surface area contributed by atoms with Gasteiger partial charge in [-0.05, 0) is 6.42 Å². The van der Waals surface area contributed by atoms with E-state index < -0.39 is 8.07 Å². The zero-order valence-corrected chi connectivity index (χ0v) is 9.89. The summed E-state index contributed by atoms with van der Waals surface area (Å²) in [6.45, 7) is 8.91. The molecule has 0 aromatic rings. The van der Waals surface area contributed by atoms with Gasteiger partial charge in [0.1, 0.15) is 6.29 Å². The third kappa shape index (κ3) is 2.19. The van der Waals surface area contributed by atoms with E-state index in [0.29, 0.717) is 5.54 Å². The number of aldehydes is 1. The van der Waals surface area contributed by atoms with Gasteiger partial charge in [0.2, 0.25) is 0 Å². The molecule has 0 aliphatic heterocycles. The van der Waals surface area contributed by atoms with Crippen molar-refractivity contribution in [1.29, 1.82) is 0 Å². The Morgan fingerprint density at radius 1 is 1.08 bits per heavy atom. The van der Waals surface area contributed by atoms with E-state index in [0.717, 1.165) is 6.42 Å². The largest absolute Gasteiger partial charge is 0.303 e. The third-order valence-electron chi connectivity index (χ3n) is 3.50. The zero-order valence-electron chi connectivity index (χ0n) is 8.89. The number of rotatable bonds is 6. The molecule has 0 radical (unpaired) electrons. The average Bonchev–Trinajstić information content (AvgIpc) is 2.14. The second kappa shape index (κ2) is 5.52. The van der Waals surface area contributed by atoms with E-state index >= 15 is 0 Å². The molecule has 0 bridgehead atoms. The van der Waals surface area contributed by atoms with Crippen molar-refractivity contribution in [2.75, 3.05) is 0 Å². The molecule has 0 aromatic heterocycles. The molecule has 2 heteroatoms. The monoisotopic (exact) mass is 186 g/mol. The van der Waals surface area contributed by atoms with Crippen LogP contribution in [0.2, 0.25) is 23.7 Å². The van der Waals surface area contributed by atoms with Crippen molar-refractivity contribution in [3.8, 4) is 0 Å². The first-order valence-electron chi connectivity index (χ1n) is 5.16. The third-order valence-corrected chi connectivity index (χ3v) is 9.85. The van der Waals surface area contributed by atoms with Crippen molar-refractivity contribution in [1.82, 2.24) is 0 Å². The Bertz CT molecular complexity index is 122. The lowest BCUT2D eigenvalue weighted by molar-refractivity contribution is -0.108. The van der Waals surface area contributed by atoms with Crippen LogP contribution in [0.25, 0.3) is 0 Å². The minimum Gasteiger partial charge on any atom is -0.303 e. The number of hydrogen-bond acceptors (Lipinski definition) is 1. The maximum atomic E-state index is 10.9. The molecule has 0 N–H and O–H groups in total. The molecule has 0 aliphatic rings. The second-order valence-corrected chi connectivity index (χ2v) is 9.16. The van der Waals surface area contributed by atoms with Crippen LogP contribution in [0.4, 0.5) is 0 Å². The summed E-state index contributed by atoms with van der Waals surface area (Å²) < 4.78 is 0.